The van der Waals surface area contributed by atoms with E-state index in [2.05, 4.69) is 15.9 Å². The van der Waals surface area contributed by atoms with E-state index in [0.717, 1.165) is 0 Å². The molecule has 0 aromatic heterocycles. The summed E-state index contributed by atoms with van der Waals surface area (Å²) in [4.78, 5) is 10.4. The molecule has 0 aliphatic carbocycles. The molecule has 0 saturated heterocycles. The van der Waals surface area contributed by atoms with Gasteiger partial charge in [-0.25, -0.2) is 0 Å². The number of carbonyl (C=O) groups is 1. The van der Waals surface area contributed by atoms with E-state index in [1.54, 1.807) is 18.2 Å². The van der Waals surface area contributed by atoms with Crippen LogP contribution in [0, 0.1) is 0 Å². The van der Waals surface area contributed by atoms with Crippen molar-refractivity contribution in [1.29, 1.82) is 0 Å². The molecular formula is C9H10BrNO3. The first-order valence-electron chi connectivity index (χ1n) is 3.97. The zero-order chi connectivity index (χ0) is 10.7. The van der Waals surface area contributed by atoms with E-state index in [1.165, 1.54) is 0 Å². The quantitative estimate of drug-likeness (QED) is 0.771. The average molecular weight is 260 g/mol. The normalized spacial score (nSPS) is 12.4. The van der Waals surface area contributed by atoms with Crippen molar-refractivity contribution in [3.63, 3.8) is 0 Å². The molecule has 0 amide bonds. The van der Waals surface area contributed by atoms with Crippen molar-refractivity contribution in [2.24, 2.45) is 5.73 Å². The zero-order valence-electron chi connectivity index (χ0n) is 7.27. The first-order valence-corrected chi connectivity index (χ1v) is 4.76. The summed E-state index contributed by atoms with van der Waals surface area (Å²) >= 11 is 3.13. The highest BCUT2D eigenvalue weighted by atomic mass is 79.9. The lowest BCUT2D eigenvalue weighted by molar-refractivity contribution is -0.137. The molecule has 1 rings (SSSR count). The monoisotopic (exact) mass is 259 g/mol. The molecule has 5 heteroatoms. The van der Waals surface area contributed by atoms with Gasteiger partial charge in [0.25, 0.3) is 0 Å². The minimum Gasteiger partial charge on any atom is -0.506 e. The lowest BCUT2D eigenvalue weighted by atomic mass is 10.0. The van der Waals surface area contributed by atoms with Gasteiger partial charge < -0.3 is 15.9 Å². The Morgan fingerprint density at radius 2 is 2.21 bits per heavy atom. The number of para-hydroxylation sites is 1. The first-order chi connectivity index (χ1) is 6.52. The molecule has 0 fully saturated rings. The summed E-state index contributed by atoms with van der Waals surface area (Å²) in [6, 6.07) is 4.27. The van der Waals surface area contributed by atoms with Crippen LogP contribution >= 0.6 is 15.9 Å². The number of halogens is 1. The van der Waals surface area contributed by atoms with Gasteiger partial charge in [-0.05, 0) is 22.0 Å². The fraction of sp³-hybridized carbons (Fsp3) is 0.222. The number of nitrogens with two attached hydrogens (primary N) is 1. The Kier molecular flexibility index (Phi) is 3.49. The highest BCUT2D eigenvalue weighted by molar-refractivity contribution is 9.10. The minimum atomic E-state index is -0.989. The molecule has 14 heavy (non-hydrogen) atoms. The van der Waals surface area contributed by atoms with Crippen LogP contribution in [0.5, 0.6) is 5.75 Å². The van der Waals surface area contributed by atoms with Crippen LogP contribution in [-0.4, -0.2) is 16.2 Å². The van der Waals surface area contributed by atoms with E-state index in [0.29, 0.717) is 10.0 Å². The highest BCUT2D eigenvalue weighted by Gasteiger charge is 2.15. The Bertz CT molecular complexity index is 354. The van der Waals surface area contributed by atoms with Gasteiger partial charge in [0.05, 0.1) is 10.9 Å². The summed E-state index contributed by atoms with van der Waals surface area (Å²) in [5, 5.41) is 18.1. The van der Waals surface area contributed by atoms with E-state index in [4.69, 9.17) is 10.8 Å². The van der Waals surface area contributed by atoms with Gasteiger partial charge in [0.15, 0.2) is 0 Å². The van der Waals surface area contributed by atoms with Gasteiger partial charge in [-0.3, -0.25) is 4.79 Å². The molecule has 0 heterocycles. The van der Waals surface area contributed by atoms with Crippen molar-refractivity contribution < 1.29 is 15.0 Å². The molecule has 1 aromatic rings. The van der Waals surface area contributed by atoms with Crippen LogP contribution in [-0.2, 0) is 4.79 Å². The molecule has 0 spiro atoms. The maximum absolute atomic E-state index is 10.4. The van der Waals surface area contributed by atoms with Crippen LogP contribution in [0.25, 0.3) is 0 Å². The Labute approximate surface area is 89.5 Å². The first kappa shape index (κ1) is 11.0. The largest absolute Gasteiger partial charge is 0.506 e. The molecule has 0 aliphatic heterocycles. The van der Waals surface area contributed by atoms with Crippen LogP contribution in [0.2, 0.25) is 0 Å². The number of hydrogen-bond acceptors (Lipinski definition) is 3. The maximum Gasteiger partial charge on any atom is 0.305 e. The second-order valence-corrected chi connectivity index (χ2v) is 3.74. The van der Waals surface area contributed by atoms with Crippen molar-refractivity contribution in [2.75, 3.05) is 0 Å². The summed E-state index contributed by atoms with van der Waals surface area (Å²) < 4.78 is 0.510. The third-order valence-corrected chi connectivity index (χ3v) is 2.45. The second kappa shape index (κ2) is 4.43. The molecule has 0 bridgehead atoms. The third kappa shape index (κ3) is 2.46. The number of hydrogen-bond donors (Lipinski definition) is 3. The fourth-order valence-corrected chi connectivity index (χ4v) is 1.51. The predicted octanol–water partition coefficient (Wildman–Crippen LogP) is 1.63. The fourth-order valence-electron chi connectivity index (χ4n) is 1.13. The van der Waals surface area contributed by atoms with Crippen molar-refractivity contribution in [1.82, 2.24) is 0 Å². The number of phenols is 1. The minimum absolute atomic E-state index is 0.00116. The summed E-state index contributed by atoms with van der Waals surface area (Å²) in [6.45, 7) is 0. The van der Waals surface area contributed by atoms with Crippen LogP contribution < -0.4 is 5.73 Å². The van der Waals surface area contributed by atoms with Crippen LogP contribution in [0.3, 0.4) is 0 Å². The lowest BCUT2D eigenvalue weighted by Gasteiger charge is -2.11. The van der Waals surface area contributed by atoms with Gasteiger partial charge in [0.1, 0.15) is 5.75 Å². The Balaban J connectivity index is 2.95. The number of carboxylic acids is 1. The van der Waals surface area contributed by atoms with E-state index >= 15 is 0 Å². The molecular weight excluding hydrogens is 250 g/mol. The van der Waals surface area contributed by atoms with Gasteiger partial charge in [0.2, 0.25) is 0 Å². The maximum atomic E-state index is 10.4. The van der Waals surface area contributed by atoms with Crippen LogP contribution in [0.4, 0.5) is 0 Å². The molecule has 4 N–H and O–H groups in total. The van der Waals surface area contributed by atoms with Crippen molar-refractivity contribution in [3.8, 4) is 5.75 Å². The average Bonchev–Trinajstić information content (AvgIpc) is 2.08. The zero-order valence-corrected chi connectivity index (χ0v) is 8.86. The molecule has 0 saturated carbocycles. The number of rotatable bonds is 3. The molecule has 76 valence electrons. The van der Waals surface area contributed by atoms with Crippen molar-refractivity contribution >= 4 is 21.9 Å². The molecule has 0 radical (unpaired) electrons. The second-order valence-electron chi connectivity index (χ2n) is 2.88. The summed E-state index contributed by atoms with van der Waals surface area (Å²) in [7, 11) is 0. The smallest absolute Gasteiger partial charge is 0.305 e. The summed E-state index contributed by atoms with van der Waals surface area (Å²) in [5.74, 6) is -0.988. The van der Waals surface area contributed by atoms with Crippen molar-refractivity contribution in [2.45, 2.75) is 12.5 Å². The van der Waals surface area contributed by atoms with Gasteiger partial charge in [-0.2, -0.15) is 0 Å². The summed E-state index contributed by atoms with van der Waals surface area (Å²) in [5.41, 5.74) is 6.04. The topological polar surface area (TPSA) is 83.6 Å². The number of aromatic hydroxyl groups is 1. The number of aliphatic carboxylic acids is 1. The van der Waals surface area contributed by atoms with Gasteiger partial charge >= 0.3 is 5.97 Å². The van der Waals surface area contributed by atoms with Crippen LogP contribution in [0.1, 0.15) is 18.0 Å². The van der Waals surface area contributed by atoms with Gasteiger partial charge in [-0.1, -0.05) is 12.1 Å². The number of carboxylic acid groups (broad SMARTS) is 1. The number of benzene rings is 1. The number of phenolic OH excluding ortho intramolecular Hbond substituents is 1. The van der Waals surface area contributed by atoms with E-state index < -0.39 is 12.0 Å². The molecule has 1 atom stereocenters. The predicted molar refractivity (Wildman–Crippen MR) is 55.0 cm³/mol. The Morgan fingerprint density at radius 1 is 1.57 bits per heavy atom. The SMILES string of the molecule is N[C@H](CC(=O)O)c1cccc(Br)c1O. The van der Waals surface area contributed by atoms with E-state index in [-0.39, 0.29) is 12.2 Å². The molecule has 4 nitrogen and oxygen atoms in total. The third-order valence-electron chi connectivity index (χ3n) is 1.81. The molecule has 1 aromatic carbocycles. The van der Waals surface area contributed by atoms with Crippen molar-refractivity contribution in [3.05, 3.63) is 28.2 Å². The summed E-state index contributed by atoms with van der Waals surface area (Å²) in [6.07, 6.45) is -0.204. The standard InChI is InChI=1S/C9H10BrNO3/c10-6-3-1-2-5(9(6)14)7(11)4-8(12)13/h1-3,7,14H,4,11H2,(H,12,13)/t7-/m1/s1. The Hall–Kier alpha value is -1.07. The molecule has 0 unspecified atom stereocenters. The highest BCUT2D eigenvalue weighted by Crippen LogP contribution is 2.31. The Morgan fingerprint density at radius 3 is 2.79 bits per heavy atom. The van der Waals surface area contributed by atoms with Gasteiger partial charge in [0, 0.05) is 11.6 Å². The van der Waals surface area contributed by atoms with Crippen LogP contribution in [0.15, 0.2) is 22.7 Å². The van der Waals surface area contributed by atoms with E-state index in [9.17, 15) is 9.90 Å². The lowest BCUT2D eigenvalue weighted by Crippen LogP contribution is -2.15. The van der Waals surface area contributed by atoms with E-state index in [1.807, 2.05) is 0 Å². The molecule has 0 aliphatic rings. The van der Waals surface area contributed by atoms with Gasteiger partial charge in [-0.15, -0.1) is 0 Å².